The van der Waals surface area contributed by atoms with E-state index >= 15 is 0 Å². The second-order valence-corrected chi connectivity index (χ2v) is 5.03. The van der Waals surface area contributed by atoms with Crippen LogP contribution in [0.5, 0.6) is 0 Å². The van der Waals surface area contributed by atoms with Crippen LogP contribution in [0.2, 0.25) is 0 Å². The number of carboxylic acids is 1. The highest BCUT2D eigenvalue weighted by molar-refractivity contribution is 5.83. The van der Waals surface area contributed by atoms with Crippen LogP contribution in [-0.2, 0) is 11.2 Å². The van der Waals surface area contributed by atoms with E-state index in [0.29, 0.717) is 6.42 Å². The van der Waals surface area contributed by atoms with Crippen molar-refractivity contribution >= 4 is 12.0 Å². The van der Waals surface area contributed by atoms with Gasteiger partial charge in [0.25, 0.3) is 0 Å². The number of nitrogens with zero attached hydrogens (tertiary/aromatic N) is 1. The summed E-state index contributed by atoms with van der Waals surface area (Å²) in [5.74, 6) is -0.357. The van der Waals surface area contributed by atoms with Gasteiger partial charge in [0, 0.05) is 25.4 Å². The SMILES string of the molecule is CC(Cc1ccco1)NC(=O)N1C[C@H](O)C[C@@H]1C(=O)O. The van der Waals surface area contributed by atoms with Crippen molar-refractivity contribution in [1.29, 1.82) is 0 Å². The van der Waals surface area contributed by atoms with Crippen LogP contribution in [0.15, 0.2) is 22.8 Å². The van der Waals surface area contributed by atoms with Crippen LogP contribution in [0.4, 0.5) is 4.79 Å². The van der Waals surface area contributed by atoms with Crippen LogP contribution >= 0.6 is 0 Å². The van der Waals surface area contributed by atoms with E-state index in [9.17, 15) is 14.7 Å². The van der Waals surface area contributed by atoms with Crippen molar-refractivity contribution in [3.8, 4) is 0 Å². The lowest BCUT2D eigenvalue weighted by molar-refractivity contribution is -0.141. The maximum Gasteiger partial charge on any atom is 0.326 e. The number of amides is 2. The van der Waals surface area contributed by atoms with Crippen molar-refractivity contribution in [3.05, 3.63) is 24.2 Å². The fourth-order valence-electron chi connectivity index (χ4n) is 2.35. The van der Waals surface area contributed by atoms with E-state index in [0.717, 1.165) is 10.7 Å². The molecule has 0 bridgehead atoms. The Morgan fingerprint density at radius 2 is 2.35 bits per heavy atom. The number of carbonyl (C=O) groups is 2. The van der Waals surface area contributed by atoms with Gasteiger partial charge in [-0.2, -0.15) is 0 Å². The molecule has 0 saturated carbocycles. The van der Waals surface area contributed by atoms with Gasteiger partial charge < -0.3 is 24.8 Å². The molecule has 1 aromatic rings. The molecule has 110 valence electrons. The van der Waals surface area contributed by atoms with E-state index in [-0.39, 0.29) is 19.0 Å². The van der Waals surface area contributed by atoms with Crippen LogP contribution in [0, 0.1) is 0 Å². The number of aliphatic carboxylic acids is 1. The highest BCUT2D eigenvalue weighted by Crippen LogP contribution is 2.18. The molecule has 1 unspecified atom stereocenters. The minimum absolute atomic E-state index is 0.0380. The largest absolute Gasteiger partial charge is 0.480 e. The molecule has 7 nitrogen and oxygen atoms in total. The molecule has 1 aliphatic heterocycles. The van der Waals surface area contributed by atoms with Crippen LogP contribution in [0.1, 0.15) is 19.1 Å². The summed E-state index contributed by atoms with van der Waals surface area (Å²) in [6, 6.07) is 1.93. The standard InChI is InChI=1S/C13H18N2O5/c1-8(5-10-3-2-4-20-10)14-13(19)15-7-9(16)6-11(15)12(17)18/h2-4,8-9,11,16H,5-7H2,1H3,(H,14,19)(H,17,18)/t8?,9-,11-/m1/s1. The summed E-state index contributed by atoms with van der Waals surface area (Å²) in [6.07, 6.45) is 1.35. The van der Waals surface area contributed by atoms with Crippen LogP contribution in [-0.4, -0.2) is 51.8 Å². The van der Waals surface area contributed by atoms with Gasteiger partial charge in [-0.1, -0.05) is 0 Å². The predicted molar refractivity (Wildman–Crippen MR) is 69.2 cm³/mol. The molecule has 20 heavy (non-hydrogen) atoms. The van der Waals surface area contributed by atoms with Crippen molar-refractivity contribution in [3.63, 3.8) is 0 Å². The zero-order chi connectivity index (χ0) is 14.7. The van der Waals surface area contributed by atoms with Gasteiger partial charge in [0.2, 0.25) is 0 Å². The van der Waals surface area contributed by atoms with Gasteiger partial charge in [-0.25, -0.2) is 9.59 Å². The Bertz CT molecular complexity index is 473. The molecule has 1 saturated heterocycles. The van der Waals surface area contributed by atoms with Crippen LogP contribution < -0.4 is 5.32 Å². The molecule has 0 aliphatic carbocycles. The lowest BCUT2D eigenvalue weighted by Gasteiger charge is -2.23. The third-order valence-corrected chi connectivity index (χ3v) is 3.28. The number of likely N-dealkylation sites (tertiary alicyclic amines) is 1. The molecule has 2 amide bonds. The van der Waals surface area contributed by atoms with Crippen molar-refractivity contribution in [2.75, 3.05) is 6.54 Å². The van der Waals surface area contributed by atoms with E-state index < -0.39 is 24.1 Å². The van der Waals surface area contributed by atoms with Gasteiger partial charge in [0.15, 0.2) is 0 Å². The molecule has 1 aromatic heterocycles. The molecule has 1 fully saturated rings. The first kappa shape index (κ1) is 14.4. The first-order valence-electron chi connectivity index (χ1n) is 6.47. The van der Waals surface area contributed by atoms with Gasteiger partial charge in [0.1, 0.15) is 11.8 Å². The molecule has 0 radical (unpaired) electrons. The van der Waals surface area contributed by atoms with Gasteiger partial charge >= 0.3 is 12.0 Å². The van der Waals surface area contributed by atoms with E-state index in [4.69, 9.17) is 9.52 Å². The summed E-state index contributed by atoms with van der Waals surface area (Å²) in [7, 11) is 0. The maximum atomic E-state index is 12.1. The second-order valence-electron chi connectivity index (χ2n) is 5.03. The van der Waals surface area contributed by atoms with E-state index in [1.807, 2.05) is 13.0 Å². The number of β-amino-alcohol motifs (C(OH)–C–C–N with tert-alkyl or cyclic N) is 1. The Morgan fingerprint density at radius 3 is 2.95 bits per heavy atom. The minimum atomic E-state index is -1.10. The van der Waals surface area contributed by atoms with Crippen LogP contribution in [0.3, 0.4) is 0 Å². The molecule has 2 rings (SSSR count). The fraction of sp³-hybridized carbons (Fsp3) is 0.538. The molecule has 3 atom stereocenters. The fourth-order valence-corrected chi connectivity index (χ4v) is 2.35. The van der Waals surface area contributed by atoms with E-state index in [1.165, 1.54) is 0 Å². The number of nitrogens with one attached hydrogen (secondary N) is 1. The Morgan fingerprint density at radius 1 is 1.60 bits per heavy atom. The van der Waals surface area contributed by atoms with Crippen molar-refractivity contribution < 1.29 is 24.2 Å². The molecule has 1 aliphatic rings. The smallest absolute Gasteiger partial charge is 0.326 e. The summed E-state index contributed by atoms with van der Waals surface area (Å²) in [5, 5.41) is 21.3. The number of aliphatic hydroxyl groups is 1. The Balaban J connectivity index is 1.92. The molecule has 0 aromatic carbocycles. The number of furan rings is 1. The minimum Gasteiger partial charge on any atom is -0.480 e. The monoisotopic (exact) mass is 282 g/mol. The zero-order valence-corrected chi connectivity index (χ0v) is 11.2. The predicted octanol–water partition coefficient (Wildman–Crippen LogP) is 0.440. The topological polar surface area (TPSA) is 103 Å². The highest BCUT2D eigenvalue weighted by atomic mass is 16.4. The summed E-state index contributed by atoms with van der Waals surface area (Å²) < 4.78 is 5.19. The number of hydrogen-bond donors (Lipinski definition) is 3. The molecular weight excluding hydrogens is 264 g/mol. The van der Waals surface area contributed by atoms with Crippen molar-refractivity contribution in [1.82, 2.24) is 10.2 Å². The number of hydrogen-bond acceptors (Lipinski definition) is 4. The van der Waals surface area contributed by atoms with Gasteiger partial charge in [-0.3, -0.25) is 0 Å². The lowest BCUT2D eigenvalue weighted by Crippen LogP contribution is -2.49. The third kappa shape index (κ3) is 3.30. The number of carbonyl (C=O) groups excluding carboxylic acids is 1. The third-order valence-electron chi connectivity index (χ3n) is 3.28. The van der Waals surface area contributed by atoms with E-state index in [1.54, 1.807) is 12.3 Å². The van der Waals surface area contributed by atoms with Gasteiger partial charge in [0.05, 0.1) is 12.4 Å². The molecule has 0 spiro atoms. The molecule has 2 heterocycles. The maximum absolute atomic E-state index is 12.1. The van der Waals surface area contributed by atoms with Gasteiger partial charge in [-0.05, 0) is 19.1 Å². The van der Waals surface area contributed by atoms with Crippen LogP contribution in [0.25, 0.3) is 0 Å². The summed E-state index contributed by atoms with van der Waals surface area (Å²) >= 11 is 0. The normalized spacial score (nSPS) is 23.6. The first-order valence-corrected chi connectivity index (χ1v) is 6.47. The zero-order valence-electron chi connectivity index (χ0n) is 11.2. The quantitative estimate of drug-likeness (QED) is 0.743. The summed E-state index contributed by atoms with van der Waals surface area (Å²) in [6.45, 7) is 1.85. The Hall–Kier alpha value is -2.02. The highest BCUT2D eigenvalue weighted by Gasteiger charge is 2.39. The average Bonchev–Trinajstić information content (AvgIpc) is 2.97. The summed E-state index contributed by atoms with van der Waals surface area (Å²) in [5.41, 5.74) is 0. The number of aliphatic hydroxyl groups excluding tert-OH is 1. The number of urea groups is 1. The second kappa shape index (κ2) is 5.96. The Kier molecular flexibility index (Phi) is 4.29. The van der Waals surface area contributed by atoms with Gasteiger partial charge in [-0.15, -0.1) is 0 Å². The molecule has 7 heteroatoms. The molecule has 3 N–H and O–H groups in total. The van der Waals surface area contributed by atoms with Crippen molar-refractivity contribution in [2.45, 2.75) is 38.0 Å². The lowest BCUT2D eigenvalue weighted by atomic mass is 10.2. The average molecular weight is 282 g/mol. The van der Waals surface area contributed by atoms with Crippen molar-refractivity contribution in [2.24, 2.45) is 0 Å². The Labute approximate surface area is 116 Å². The first-order chi connectivity index (χ1) is 9.47. The van der Waals surface area contributed by atoms with E-state index in [2.05, 4.69) is 5.32 Å². The number of rotatable bonds is 4. The summed E-state index contributed by atoms with van der Waals surface area (Å²) in [4.78, 5) is 24.3. The number of carboxylic acid groups (broad SMARTS) is 1. The molecular formula is C13H18N2O5.